The molecule has 1 aromatic heterocycles. The fraction of sp³-hybridized carbons (Fsp3) is 0.500. The van der Waals surface area contributed by atoms with Gasteiger partial charge in [-0.05, 0) is 118 Å². The summed E-state index contributed by atoms with van der Waals surface area (Å²) in [4.78, 5) is 122. The highest BCUT2D eigenvalue weighted by atomic mass is 79.9. The number of amides is 5. The third kappa shape index (κ3) is 10.0. The molecule has 4 fully saturated rings. The second-order valence-corrected chi connectivity index (χ2v) is 22.4. The maximum Gasteiger partial charge on any atom is 0.470 e. The van der Waals surface area contributed by atoms with Gasteiger partial charge in [0, 0.05) is 61.0 Å². The number of aromatic nitrogens is 1. The zero-order valence-electron chi connectivity index (χ0n) is 39.3. The summed E-state index contributed by atoms with van der Waals surface area (Å²) in [6.45, 7) is 2.11. The van der Waals surface area contributed by atoms with Crippen molar-refractivity contribution in [2.24, 2.45) is 35.6 Å². The van der Waals surface area contributed by atoms with Crippen molar-refractivity contribution in [3.05, 3.63) is 86.1 Å². The summed E-state index contributed by atoms with van der Waals surface area (Å²) in [5.41, 5.74) is -0.119. The van der Waals surface area contributed by atoms with Crippen molar-refractivity contribution in [2.75, 3.05) is 25.0 Å². The smallest absolute Gasteiger partial charge is 0.470 e. The van der Waals surface area contributed by atoms with Gasteiger partial charge in [0.1, 0.15) is 21.6 Å². The Hall–Kier alpha value is -4.97. The Balaban J connectivity index is 0.935. The van der Waals surface area contributed by atoms with Crippen molar-refractivity contribution in [2.45, 2.75) is 95.4 Å². The second-order valence-electron chi connectivity index (χ2n) is 19.6. The Morgan fingerprint density at radius 3 is 2.43 bits per heavy atom. The molecule has 10 atom stereocenters. The molecule has 24 heteroatoms. The van der Waals surface area contributed by atoms with E-state index in [1.54, 1.807) is 37.4 Å². The number of hydrogen-bond acceptors (Lipinski definition) is 13. The molecule has 3 heterocycles. The first-order valence-corrected chi connectivity index (χ1v) is 26.4. The van der Waals surface area contributed by atoms with Crippen molar-refractivity contribution in [1.29, 1.82) is 0 Å². The quantitative estimate of drug-likeness (QED) is 0.0830. The van der Waals surface area contributed by atoms with Crippen LogP contribution in [0.25, 0.3) is 0 Å². The van der Waals surface area contributed by atoms with E-state index in [4.69, 9.17) is 14.0 Å². The lowest BCUT2D eigenvalue weighted by Crippen LogP contribution is -2.63. The van der Waals surface area contributed by atoms with Crippen LogP contribution in [-0.2, 0) is 70.4 Å². The van der Waals surface area contributed by atoms with E-state index in [-0.39, 0.29) is 58.3 Å². The lowest BCUT2D eigenvalue weighted by molar-refractivity contribution is -0.201. The van der Waals surface area contributed by atoms with Gasteiger partial charge in [0.2, 0.25) is 24.0 Å². The first kappa shape index (κ1) is 53.3. The lowest BCUT2D eigenvalue weighted by Gasteiger charge is -2.59. The third-order valence-electron chi connectivity index (χ3n) is 15.5. The molecule has 1 aromatic carbocycles. The summed E-state index contributed by atoms with van der Waals surface area (Å²) in [5, 5.41) is 29.0. The zero-order valence-corrected chi connectivity index (χ0v) is 43.4. The van der Waals surface area contributed by atoms with Crippen LogP contribution >= 0.6 is 39.7 Å². The molecule has 386 valence electrons. The average Bonchev–Trinajstić information content (AvgIpc) is 4.00. The first-order valence-electron chi connectivity index (χ1n) is 23.3. The number of fused-ring (bicyclic) bond motifs is 7. The molecular weight excluding hydrogens is 1090 g/mol. The number of nitrogens with zero attached hydrogens (tertiary/aromatic N) is 2. The predicted molar refractivity (Wildman–Crippen MR) is 259 cm³/mol. The molecule has 0 radical (unpaired) electrons. The Morgan fingerprint density at radius 2 is 1.74 bits per heavy atom. The summed E-state index contributed by atoms with van der Waals surface area (Å²) in [5.74, 6) is -6.05. The molecule has 0 unspecified atom stereocenters. The molecule has 2 aromatic rings. The van der Waals surface area contributed by atoms with Crippen LogP contribution in [0.4, 0.5) is 5.69 Å². The number of ether oxygens (including phenoxy) is 2. The molecule has 3 saturated carbocycles. The van der Waals surface area contributed by atoms with Gasteiger partial charge in [-0.2, -0.15) is 0 Å². The van der Waals surface area contributed by atoms with E-state index in [1.165, 1.54) is 6.08 Å². The number of hydrogen-bond donors (Lipinski definition) is 7. The Morgan fingerprint density at radius 1 is 1.01 bits per heavy atom. The molecule has 1 saturated heterocycles. The first-order chi connectivity index (χ1) is 33.9. The number of benzene rings is 1. The summed E-state index contributed by atoms with van der Waals surface area (Å²) < 4.78 is 32.1. The molecule has 8 rings (SSSR count). The maximum atomic E-state index is 14.5. The minimum Gasteiger partial charge on any atom is -0.481 e. The number of allylic oxidation sites excluding steroid dienone is 4. The number of rotatable bonds is 18. The van der Waals surface area contributed by atoms with Gasteiger partial charge in [0.25, 0.3) is 11.8 Å². The number of carbonyl (C=O) groups is 8. The highest BCUT2D eigenvalue weighted by Crippen LogP contribution is 2.70. The fourth-order valence-electron chi connectivity index (χ4n) is 12.1. The van der Waals surface area contributed by atoms with Crippen LogP contribution in [0.3, 0.4) is 0 Å². The van der Waals surface area contributed by atoms with E-state index in [0.717, 1.165) is 21.7 Å². The Kier molecular flexibility index (Phi) is 15.1. The number of carbonyl (C=O) groups excluding carboxylic acids is 7. The minimum atomic E-state index is -5.09. The summed E-state index contributed by atoms with van der Waals surface area (Å²) >= 11 is 6.02. The van der Waals surface area contributed by atoms with Crippen molar-refractivity contribution >= 4 is 92.4 Å². The number of anilines is 1. The highest BCUT2D eigenvalue weighted by Gasteiger charge is 2.76. The van der Waals surface area contributed by atoms with Crippen molar-refractivity contribution in [1.82, 2.24) is 20.1 Å². The van der Waals surface area contributed by atoms with Gasteiger partial charge < -0.3 is 50.0 Å². The lowest BCUT2D eigenvalue weighted by atomic mass is 9.46. The van der Waals surface area contributed by atoms with Crippen LogP contribution in [0.1, 0.15) is 82.0 Å². The molecule has 4 aliphatic carbocycles. The zero-order chi connectivity index (χ0) is 52.2. The van der Waals surface area contributed by atoms with E-state index in [2.05, 4.69) is 47.8 Å². The molecule has 6 aliphatic rings. The number of ketones is 2. The van der Waals surface area contributed by atoms with E-state index in [1.807, 2.05) is 36.6 Å². The monoisotopic (exact) mass is 1150 g/mol. The van der Waals surface area contributed by atoms with E-state index < -0.39 is 110 Å². The van der Waals surface area contributed by atoms with Crippen LogP contribution in [0.15, 0.2) is 69.2 Å². The van der Waals surface area contributed by atoms with Crippen LogP contribution in [0.2, 0.25) is 0 Å². The number of halogens is 2. The third-order valence-corrected chi connectivity index (χ3v) is 17.9. The Labute approximate surface area is 429 Å². The SMILES string of the molecule is Cn1c(Cc2cccc(NC(=O)[C@H](CCC(=O)O)NC(=O)CNC(=O)CCN3C(=O)C(Br)=C(Br)C3=O)c2)ccc1[C@@H]1O[C@@H]2C[C@H]3[C@@H]4CCC5=CC(=O)C=C[C@]5(C)[C@H]4[C@@H](O)C[C@]3(C)[C@]2(C(=O)COP(=O)(O)O)O1. The summed E-state index contributed by atoms with van der Waals surface area (Å²) in [6.07, 6.45) is 3.13. The van der Waals surface area contributed by atoms with Crippen molar-refractivity contribution in [3.63, 3.8) is 0 Å². The van der Waals surface area contributed by atoms with Gasteiger partial charge in [0.05, 0.1) is 24.4 Å². The van der Waals surface area contributed by atoms with Crippen LogP contribution in [-0.4, -0.2) is 120 Å². The second kappa shape index (κ2) is 20.4. The van der Waals surface area contributed by atoms with Gasteiger partial charge in [-0.3, -0.25) is 47.8 Å². The van der Waals surface area contributed by atoms with E-state index in [9.17, 15) is 62.9 Å². The minimum absolute atomic E-state index is 0.0197. The molecule has 21 nitrogen and oxygen atoms in total. The van der Waals surface area contributed by atoms with Crippen molar-refractivity contribution < 1.29 is 76.9 Å². The topological polar surface area (TPSA) is 306 Å². The van der Waals surface area contributed by atoms with Crippen LogP contribution in [0.5, 0.6) is 0 Å². The highest BCUT2D eigenvalue weighted by molar-refractivity contribution is 9.14. The number of nitrogens with one attached hydrogen (secondary N) is 3. The predicted octanol–water partition coefficient (Wildman–Crippen LogP) is 3.50. The number of carboxylic acid groups (broad SMARTS) is 1. The molecular formula is C48H54Br2N5O16P. The molecule has 2 aliphatic heterocycles. The largest absolute Gasteiger partial charge is 0.481 e. The summed E-state index contributed by atoms with van der Waals surface area (Å²) in [7, 11) is -3.31. The van der Waals surface area contributed by atoms with E-state index >= 15 is 0 Å². The van der Waals surface area contributed by atoms with Gasteiger partial charge in [-0.15, -0.1) is 0 Å². The molecule has 0 spiro atoms. The number of aliphatic hydroxyl groups is 1. The van der Waals surface area contributed by atoms with Gasteiger partial charge >= 0.3 is 13.8 Å². The standard InChI is InChI=1S/C48H54Br2N5O16P/c1-46-15-13-28(56)19-25(46)7-9-29-30-20-35-48(34(58)23-69-72(66,67)68,47(30,2)21-33(57)39(29)46)71-45(70-35)32-11-8-27(54(32)3)18-24-5-4-6-26(17-24)52-42(63)31(10-12-38(61)62)53-37(60)22-51-36(59)14-16-55-43(64)40(49)41(50)44(55)65/h4-6,8,11,13,15,17,19,29-31,33,35,39,45,57H,7,9-10,12,14,16,18,20-23H2,1-3H3,(H,51,59)(H,52,63)(H,53,60)(H,61,62)(H2,66,67,68)/t29-,30-,31-,33-,35+,39+,45+,46-,47-,48+/m0/s1. The number of phosphoric acid groups is 1. The van der Waals surface area contributed by atoms with Crippen LogP contribution < -0.4 is 16.0 Å². The molecule has 7 N–H and O–H groups in total. The fourth-order valence-corrected chi connectivity index (χ4v) is 13.2. The summed E-state index contributed by atoms with van der Waals surface area (Å²) in [6, 6.07) is 9.10. The van der Waals surface area contributed by atoms with E-state index in [0.29, 0.717) is 37.1 Å². The molecule has 5 amide bonds. The number of phosphoric ester groups is 1. The van der Waals surface area contributed by atoms with Crippen LogP contribution in [0, 0.1) is 28.6 Å². The van der Waals surface area contributed by atoms with Gasteiger partial charge in [0.15, 0.2) is 17.2 Å². The van der Waals surface area contributed by atoms with Gasteiger partial charge in [-0.1, -0.05) is 37.6 Å². The van der Waals surface area contributed by atoms with Crippen molar-refractivity contribution in [3.8, 4) is 0 Å². The normalized spacial score (nSPS) is 30.0. The number of carboxylic acids is 1. The number of imide groups is 1. The number of aliphatic hydroxyl groups excluding tert-OH is 1. The Bertz CT molecular complexity index is 2770. The maximum absolute atomic E-state index is 14.5. The number of aliphatic carboxylic acids is 1. The molecule has 72 heavy (non-hydrogen) atoms. The van der Waals surface area contributed by atoms with Gasteiger partial charge in [-0.25, -0.2) is 4.57 Å². The average molecular weight is 1150 g/mol. The molecule has 0 bridgehead atoms. The number of Topliss-reactive ketones (excluding diaryl/α,β-unsaturated/α-hetero) is 1.